The van der Waals surface area contributed by atoms with Gasteiger partial charge in [-0.1, -0.05) is 30.7 Å². The minimum Gasteiger partial charge on any atom is -0.352 e. The Morgan fingerprint density at radius 1 is 0.971 bits per heavy atom. The van der Waals surface area contributed by atoms with Crippen LogP contribution in [0.1, 0.15) is 37.7 Å². The summed E-state index contributed by atoms with van der Waals surface area (Å²) in [7, 11) is 0. The lowest BCUT2D eigenvalue weighted by Gasteiger charge is -2.33. The SMILES string of the molecule is O=C(NCc1cccc(F)c1)C1CCN(c2nc3ccccc3n2CCN2CCCCC2)CC1. The lowest BCUT2D eigenvalue weighted by atomic mass is 9.96. The number of para-hydroxylation sites is 2. The maximum atomic E-state index is 13.4. The number of nitrogens with one attached hydrogen (secondary N) is 1. The smallest absolute Gasteiger partial charge is 0.223 e. The fraction of sp³-hybridized carbons (Fsp3) is 0.481. The number of carbonyl (C=O) groups is 1. The number of nitrogens with zero attached hydrogens (tertiary/aromatic N) is 4. The minimum atomic E-state index is -0.275. The number of benzene rings is 2. The van der Waals surface area contributed by atoms with Crippen LogP contribution in [0, 0.1) is 11.7 Å². The molecule has 3 heterocycles. The highest BCUT2D eigenvalue weighted by molar-refractivity contribution is 5.80. The van der Waals surface area contributed by atoms with E-state index in [1.54, 1.807) is 6.07 Å². The maximum absolute atomic E-state index is 13.4. The standard InChI is InChI=1S/C27H34FN5O/c28-23-8-6-7-21(19-23)20-29-26(34)22-11-15-32(16-12-22)27-30-24-9-2-3-10-25(24)33(27)18-17-31-13-4-1-5-14-31/h2-3,6-10,19,22H,1,4-5,11-18,20H2,(H,29,34). The zero-order chi connectivity index (χ0) is 23.3. The third kappa shape index (κ3) is 5.25. The van der Waals surface area contributed by atoms with Gasteiger partial charge in [-0.25, -0.2) is 9.37 Å². The molecule has 7 heteroatoms. The van der Waals surface area contributed by atoms with Crippen molar-refractivity contribution in [2.24, 2.45) is 5.92 Å². The summed E-state index contributed by atoms with van der Waals surface area (Å²) in [5, 5.41) is 2.99. The van der Waals surface area contributed by atoms with Crippen molar-refractivity contribution in [2.75, 3.05) is 37.6 Å². The Balaban J connectivity index is 1.22. The number of halogens is 1. The summed E-state index contributed by atoms with van der Waals surface area (Å²) in [4.78, 5) is 22.6. The van der Waals surface area contributed by atoms with Crippen LogP contribution < -0.4 is 10.2 Å². The summed E-state index contributed by atoms with van der Waals surface area (Å²) in [5.74, 6) is 0.790. The van der Waals surface area contributed by atoms with E-state index >= 15 is 0 Å². The Morgan fingerprint density at radius 2 is 1.76 bits per heavy atom. The average molecular weight is 464 g/mol. The molecule has 2 aromatic carbocycles. The van der Waals surface area contributed by atoms with Crippen molar-refractivity contribution in [3.8, 4) is 0 Å². The van der Waals surface area contributed by atoms with Gasteiger partial charge in [0.05, 0.1) is 11.0 Å². The largest absolute Gasteiger partial charge is 0.352 e. The molecule has 0 saturated carbocycles. The molecule has 0 spiro atoms. The van der Waals surface area contributed by atoms with E-state index in [9.17, 15) is 9.18 Å². The number of likely N-dealkylation sites (tertiary alicyclic amines) is 1. The van der Waals surface area contributed by atoms with E-state index in [4.69, 9.17) is 4.98 Å². The van der Waals surface area contributed by atoms with Gasteiger partial charge in [-0.2, -0.15) is 0 Å². The Morgan fingerprint density at radius 3 is 2.56 bits per heavy atom. The van der Waals surface area contributed by atoms with Crippen molar-refractivity contribution in [1.29, 1.82) is 0 Å². The molecule has 3 aromatic rings. The number of imidazole rings is 1. The normalized spacial score (nSPS) is 17.9. The van der Waals surface area contributed by atoms with Crippen LogP contribution >= 0.6 is 0 Å². The van der Waals surface area contributed by atoms with Crippen LogP contribution in [0.3, 0.4) is 0 Å². The van der Waals surface area contributed by atoms with Gasteiger partial charge in [-0.05, 0) is 68.6 Å². The van der Waals surface area contributed by atoms with Gasteiger partial charge in [0.1, 0.15) is 5.82 Å². The number of hydrogen-bond acceptors (Lipinski definition) is 4. The molecule has 6 nitrogen and oxygen atoms in total. The van der Waals surface area contributed by atoms with Crippen molar-refractivity contribution in [3.05, 3.63) is 59.9 Å². The fourth-order valence-corrected chi connectivity index (χ4v) is 5.27. The molecule has 1 amide bonds. The number of piperidine rings is 2. The highest BCUT2D eigenvalue weighted by Crippen LogP contribution is 2.27. The van der Waals surface area contributed by atoms with Gasteiger partial charge in [0.15, 0.2) is 0 Å². The van der Waals surface area contributed by atoms with E-state index in [0.29, 0.717) is 6.54 Å². The minimum absolute atomic E-state index is 0.0176. The van der Waals surface area contributed by atoms with E-state index in [1.807, 2.05) is 12.1 Å². The number of fused-ring (bicyclic) bond motifs is 1. The second-order valence-corrected chi connectivity index (χ2v) is 9.56. The second-order valence-electron chi connectivity index (χ2n) is 9.56. The Hall–Kier alpha value is -2.93. The van der Waals surface area contributed by atoms with Crippen LogP contribution in [0.5, 0.6) is 0 Å². The molecule has 5 rings (SSSR count). The van der Waals surface area contributed by atoms with E-state index < -0.39 is 0 Å². The van der Waals surface area contributed by atoms with Crippen LogP contribution in [0.15, 0.2) is 48.5 Å². The molecular formula is C27H34FN5O. The first-order valence-corrected chi connectivity index (χ1v) is 12.6. The highest BCUT2D eigenvalue weighted by atomic mass is 19.1. The number of carbonyl (C=O) groups excluding carboxylic acids is 1. The van der Waals surface area contributed by atoms with Gasteiger partial charge >= 0.3 is 0 Å². The van der Waals surface area contributed by atoms with Crippen LogP contribution in [0.4, 0.5) is 10.3 Å². The Labute approximate surface area is 200 Å². The molecule has 0 bridgehead atoms. The van der Waals surface area contributed by atoms with Gasteiger partial charge in [0, 0.05) is 38.6 Å². The molecule has 2 saturated heterocycles. The molecule has 2 fully saturated rings. The number of hydrogen-bond donors (Lipinski definition) is 1. The molecule has 0 unspecified atom stereocenters. The van der Waals surface area contributed by atoms with Crippen LogP contribution in [0.2, 0.25) is 0 Å². The molecule has 0 radical (unpaired) electrons. The average Bonchev–Trinajstić information content (AvgIpc) is 3.25. The van der Waals surface area contributed by atoms with E-state index in [2.05, 4.69) is 37.9 Å². The first-order valence-electron chi connectivity index (χ1n) is 12.6. The molecular weight excluding hydrogens is 429 g/mol. The summed E-state index contributed by atoms with van der Waals surface area (Å²) < 4.78 is 15.8. The molecule has 0 aliphatic carbocycles. The summed E-state index contributed by atoms with van der Waals surface area (Å²) in [6.07, 6.45) is 5.54. The monoisotopic (exact) mass is 463 g/mol. The molecule has 2 aliphatic heterocycles. The molecule has 1 N–H and O–H groups in total. The summed E-state index contributed by atoms with van der Waals surface area (Å²) in [5.41, 5.74) is 3.00. The van der Waals surface area contributed by atoms with E-state index in [0.717, 1.165) is 56.0 Å². The molecule has 34 heavy (non-hydrogen) atoms. The van der Waals surface area contributed by atoms with Gasteiger partial charge in [-0.15, -0.1) is 0 Å². The molecule has 1 aromatic heterocycles. The van der Waals surface area contributed by atoms with Crippen molar-refractivity contribution >= 4 is 22.9 Å². The zero-order valence-electron chi connectivity index (χ0n) is 19.8. The lowest BCUT2D eigenvalue weighted by Crippen LogP contribution is -2.41. The molecule has 2 aliphatic rings. The third-order valence-corrected chi connectivity index (χ3v) is 7.23. The van der Waals surface area contributed by atoms with Crippen molar-refractivity contribution < 1.29 is 9.18 Å². The second kappa shape index (κ2) is 10.6. The number of aromatic nitrogens is 2. The number of amides is 1. The first-order chi connectivity index (χ1) is 16.7. The molecule has 180 valence electrons. The van der Waals surface area contributed by atoms with Crippen LogP contribution in [-0.4, -0.2) is 53.1 Å². The predicted molar refractivity (Wildman–Crippen MR) is 133 cm³/mol. The summed E-state index contributed by atoms with van der Waals surface area (Å²) >= 11 is 0. The Kier molecular flexibility index (Phi) is 7.09. The third-order valence-electron chi connectivity index (χ3n) is 7.23. The number of anilines is 1. The van der Waals surface area contributed by atoms with Gasteiger partial charge in [-0.3, -0.25) is 4.79 Å². The first kappa shape index (κ1) is 22.8. The Bertz CT molecular complexity index is 1120. The van der Waals surface area contributed by atoms with Crippen molar-refractivity contribution in [1.82, 2.24) is 19.8 Å². The number of rotatable bonds is 7. The van der Waals surface area contributed by atoms with Gasteiger partial charge in [0.25, 0.3) is 0 Å². The van der Waals surface area contributed by atoms with Crippen LogP contribution in [-0.2, 0) is 17.9 Å². The van der Waals surface area contributed by atoms with Gasteiger partial charge in [0.2, 0.25) is 11.9 Å². The topological polar surface area (TPSA) is 53.4 Å². The fourth-order valence-electron chi connectivity index (χ4n) is 5.27. The predicted octanol–water partition coefficient (Wildman–Crippen LogP) is 4.19. The highest BCUT2D eigenvalue weighted by Gasteiger charge is 2.27. The van der Waals surface area contributed by atoms with Crippen molar-refractivity contribution in [2.45, 2.75) is 45.2 Å². The van der Waals surface area contributed by atoms with Crippen LogP contribution in [0.25, 0.3) is 11.0 Å². The summed E-state index contributed by atoms with van der Waals surface area (Å²) in [6, 6.07) is 14.8. The summed E-state index contributed by atoms with van der Waals surface area (Å²) in [6.45, 7) is 6.35. The maximum Gasteiger partial charge on any atom is 0.223 e. The zero-order valence-corrected chi connectivity index (χ0v) is 19.8. The van der Waals surface area contributed by atoms with Gasteiger partial charge < -0.3 is 19.7 Å². The molecule has 0 atom stereocenters. The van der Waals surface area contributed by atoms with Crippen molar-refractivity contribution in [3.63, 3.8) is 0 Å². The quantitative estimate of drug-likeness (QED) is 0.571. The van der Waals surface area contributed by atoms with E-state index in [-0.39, 0.29) is 17.6 Å². The van der Waals surface area contributed by atoms with E-state index in [1.165, 1.54) is 50.0 Å². The lowest BCUT2D eigenvalue weighted by molar-refractivity contribution is -0.125.